The first kappa shape index (κ1) is 21.5. The van der Waals surface area contributed by atoms with Crippen LogP contribution in [0, 0.1) is 0 Å². The van der Waals surface area contributed by atoms with Crippen LogP contribution in [0.4, 0.5) is 0 Å². The molecule has 0 radical (unpaired) electrons. The van der Waals surface area contributed by atoms with E-state index in [4.69, 9.17) is 10.5 Å². The molecule has 32 heavy (non-hydrogen) atoms. The summed E-state index contributed by atoms with van der Waals surface area (Å²) in [6.07, 6.45) is 1.97. The molecule has 1 aliphatic rings. The van der Waals surface area contributed by atoms with Gasteiger partial charge in [-0.15, -0.1) is 10.5 Å². The third kappa shape index (κ3) is 4.47. The van der Waals surface area contributed by atoms with Gasteiger partial charge in [0.05, 0.1) is 18.4 Å². The monoisotopic (exact) mass is 450 g/mol. The van der Waals surface area contributed by atoms with E-state index in [2.05, 4.69) is 15.3 Å². The van der Waals surface area contributed by atoms with E-state index in [0.29, 0.717) is 40.5 Å². The average Bonchev–Trinajstić information content (AvgIpc) is 3.12. The highest BCUT2D eigenvalue weighted by Gasteiger charge is 2.21. The van der Waals surface area contributed by atoms with E-state index in [1.807, 2.05) is 35.7 Å². The summed E-state index contributed by atoms with van der Waals surface area (Å²) in [6.45, 7) is 0.446. The maximum absolute atomic E-state index is 12.0. The average molecular weight is 451 g/mol. The number of primary amides is 1. The van der Waals surface area contributed by atoms with Gasteiger partial charge >= 0.3 is 0 Å². The van der Waals surface area contributed by atoms with Crippen LogP contribution >= 0.6 is 10.5 Å². The number of methoxy groups -OCH3 is 1. The zero-order valence-electron chi connectivity index (χ0n) is 17.4. The number of benzene rings is 2. The maximum atomic E-state index is 12.0. The number of rotatable bonds is 6. The van der Waals surface area contributed by atoms with Crippen LogP contribution in [-0.4, -0.2) is 51.8 Å². The number of fused-ring (bicyclic) bond motifs is 1. The van der Waals surface area contributed by atoms with E-state index in [1.165, 1.54) is 13.3 Å². The van der Waals surface area contributed by atoms with Crippen LogP contribution in [-0.2, 0) is 11.2 Å². The standard InChI is InChI=1S/C23H22N4O4S/c1-31-21-16-10-14(6-7-18(16)26-11-17(21)22(24)30)12-32-13-20(29)27-23(32)25-9-8-15-4-2-3-5-19(15)28/h2-7,10-12,28H,8-9,13H2,1H3,(H2,24,30)(H,25,27,29). The van der Waals surface area contributed by atoms with E-state index < -0.39 is 16.4 Å². The Morgan fingerprint density at radius 1 is 1.34 bits per heavy atom. The molecule has 0 spiro atoms. The second-order valence-electron chi connectivity index (χ2n) is 7.15. The van der Waals surface area contributed by atoms with E-state index in [9.17, 15) is 14.7 Å². The van der Waals surface area contributed by atoms with Crippen LogP contribution in [0.3, 0.4) is 0 Å². The van der Waals surface area contributed by atoms with Crippen LogP contribution < -0.4 is 15.8 Å². The normalized spacial score (nSPS) is 17.1. The van der Waals surface area contributed by atoms with Gasteiger partial charge < -0.3 is 20.9 Å². The highest BCUT2D eigenvalue weighted by Crippen LogP contribution is 2.29. The zero-order valence-corrected chi connectivity index (χ0v) is 18.2. The molecule has 1 aliphatic heterocycles. The first-order chi connectivity index (χ1) is 15.5. The first-order valence-corrected chi connectivity index (χ1v) is 11.3. The zero-order chi connectivity index (χ0) is 22.7. The summed E-state index contributed by atoms with van der Waals surface area (Å²) in [7, 11) is 0.954. The van der Waals surface area contributed by atoms with Gasteiger partial charge in [0.25, 0.3) is 5.91 Å². The van der Waals surface area contributed by atoms with Gasteiger partial charge in [-0.1, -0.05) is 24.3 Å². The maximum Gasteiger partial charge on any atom is 0.254 e. The highest BCUT2D eigenvalue weighted by atomic mass is 32.2. The molecular formula is C23H22N4O4S. The van der Waals surface area contributed by atoms with Crippen LogP contribution in [0.1, 0.15) is 21.5 Å². The molecule has 2 amide bonds. The summed E-state index contributed by atoms with van der Waals surface area (Å²) in [5.74, 6) is 0.240. The Morgan fingerprint density at radius 3 is 2.91 bits per heavy atom. The fraction of sp³-hybridized carbons (Fsp3) is 0.174. The van der Waals surface area contributed by atoms with Gasteiger partial charge in [0.15, 0.2) is 5.17 Å². The van der Waals surface area contributed by atoms with Gasteiger partial charge in [-0.3, -0.25) is 19.6 Å². The van der Waals surface area contributed by atoms with Crippen molar-refractivity contribution in [1.29, 1.82) is 0 Å². The molecule has 1 saturated heterocycles. The minimum Gasteiger partial charge on any atom is -0.508 e. The Hall–Kier alpha value is -3.72. The van der Waals surface area contributed by atoms with Crippen LogP contribution in [0.15, 0.2) is 53.7 Å². The summed E-state index contributed by atoms with van der Waals surface area (Å²) in [5.41, 5.74) is 7.99. The smallest absolute Gasteiger partial charge is 0.254 e. The lowest BCUT2D eigenvalue weighted by atomic mass is 10.1. The van der Waals surface area contributed by atoms with Gasteiger partial charge in [-0.05, 0) is 41.1 Å². The van der Waals surface area contributed by atoms with Crippen molar-refractivity contribution >= 4 is 43.7 Å². The Bertz CT molecular complexity index is 1290. The van der Waals surface area contributed by atoms with Gasteiger partial charge in [-0.25, -0.2) is 0 Å². The van der Waals surface area contributed by atoms with Crippen molar-refractivity contribution in [2.45, 2.75) is 6.42 Å². The molecule has 1 fully saturated rings. The molecule has 2 heterocycles. The number of aromatic nitrogens is 1. The number of aliphatic imine (C=N–C) groups is 1. The quantitative estimate of drug-likeness (QED) is 0.496. The molecule has 0 bridgehead atoms. The van der Waals surface area contributed by atoms with Crippen molar-refractivity contribution in [1.82, 2.24) is 10.3 Å². The van der Waals surface area contributed by atoms with Crippen molar-refractivity contribution in [2.24, 2.45) is 10.7 Å². The number of nitrogens with one attached hydrogen (secondary N) is 1. The van der Waals surface area contributed by atoms with Gasteiger partial charge in [0.1, 0.15) is 17.1 Å². The Labute approximate surface area is 187 Å². The molecule has 4 N–H and O–H groups in total. The van der Waals surface area contributed by atoms with Crippen LogP contribution in [0.25, 0.3) is 10.9 Å². The lowest BCUT2D eigenvalue weighted by Gasteiger charge is -2.10. The summed E-state index contributed by atoms with van der Waals surface area (Å²) in [6, 6.07) is 12.7. The van der Waals surface area contributed by atoms with Crippen molar-refractivity contribution in [2.75, 3.05) is 19.4 Å². The number of amidine groups is 1. The summed E-state index contributed by atoms with van der Waals surface area (Å²) < 4.78 is 5.42. The second-order valence-corrected chi connectivity index (χ2v) is 8.92. The summed E-state index contributed by atoms with van der Waals surface area (Å²) >= 11 is 0. The summed E-state index contributed by atoms with van der Waals surface area (Å²) in [5, 5.41) is 16.0. The van der Waals surface area contributed by atoms with E-state index in [1.54, 1.807) is 12.1 Å². The number of phenols is 1. The number of pyridine rings is 1. The van der Waals surface area contributed by atoms with Gasteiger partial charge in [-0.2, -0.15) is 0 Å². The summed E-state index contributed by atoms with van der Waals surface area (Å²) in [4.78, 5) is 32.6. The Morgan fingerprint density at radius 2 is 2.16 bits per heavy atom. The second kappa shape index (κ2) is 9.19. The van der Waals surface area contributed by atoms with Gasteiger partial charge in [0, 0.05) is 18.1 Å². The molecule has 0 saturated carbocycles. The first-order valence-electron chi connectivity index (χ1n) is 9.88. The number of ether oxygens (including phenoxy) is 1. The molecule has 164 valence electrons. The lowest BCUT2D eigenvalue weighted by Crippen LogP contribution is -2.20. The number of carbonyl (C=O) groups excluding carboxylic acids is 2. The van der Waals surface area contributed by atoms with Crippen molar-refractivity contribution in [3.63, 3.8) is 0 Å². The largest absolute Gasteiger partial charge is 0.508 e. The molecule has 2 aromatic carbocycles. The van der Waals surface area contributed by atoms with Crippen molar-refractivity contribution in [3.05, 3.63) is 65.4 Å². The number of nitrogens with zero attached hydrogens (tertiary/aromatic N) is 2. The molecule has 4 rings (SSSR count). The minimum atomic E-state index is -0.614. The number of amides is 2. The van der Waals surface area contributed by atoms with Crippen LogP contribution in [0.2, 0.25) is 0 Å². The van der Waals surface area contributed by atoms with E-state index in [-0.39, 0.29) is 17.2 Å². The molecule has 1 unspecified atom stereocenters. The van der Waals surface area contributed by atoms with Crippen molar-refractivity contribution < 1.29 is 19.4 Å². The number of nitrogens with two attached hydrogens (primary N) is 1. The number of carbonyl (C=O) groups is 2. The third-order valence-corrected chi connectivity index (χ3v) is 6.86. The molecule has 3 aromatic rings. The molecule has 8 nitrogen and oxygen atoms in total. The number of phenolic OH excluding ortho intramolecular Hbond substituents is 1. The fourth-order valence-electron chi connectivity index (χ4n) is 3.47. The van der Waals surface area contributed by atoms with E-state index >= 15 is 0 Å². The fourth-order valence-corrected chi connectivity index (χ4v) is 5.13. The Kier molecular flexibility index (Phi) is 6.18. The van der Waals surface area contributed by atoms with Crippen molar-refractivity contribution in [3.8, 4) is 11.5 Å². The molecule has 9 heteroatoms. The number of hydrogen-bond acceptors (Lipinski definition) is 6. The predicted molar refractivity (Wildman–Crippen MR) is 127 cm³/mol. The molecular weight excluding hydrogens is 428 g/mol. The molecule has 1 atom stereocenters. The SMILES string of the molecule is COc1c(C(N)=O)cnc2ccc(C=S3CC(=O)NC3=NCCc3ccccc3O)cc12. The molecule has 0 aliphatic carbocycles. The van der Waals surface area contributed by atoms with Gasteiger partial charge in [0.2, 0.25) is 5.91 Å². The van der Waals surface area contributed by atoms with E-state index in [0.717, 1.165) is 11.1 Å². The topological polar surface area (TPSA) is 127 Å². The third-order valence-electron chi connectivity index (χ3n) is 5.00. The Balaban J connectivity index is 1.64. The van der Waals surface area contributed by atoms with Crippen LogP contribution in [0.5, 0.6) is 11.5 Å². The predicted octanol–water partition coefficient (Wildman–Crippen LogP) is 2.20. The minimum absolute atomic E-state index is 0.0815. The number of hydrogen-bond donors (Lipinski definition) is 3. The highest BCUT2D eigenvalue weighted by molar-refractivity contribution is 8.29. The molecule has 1 aromatic heterocycles. The number of aromatic hydroxyl groups is 1. The lowest BCUT2D eigenvalue weighted by molar-refractivity contribution is -0.116. The number of para-hydroxylation sites is 1.